The van der Waals surface area contributed by atoms with Crippen LogP contribution in [-0.2, 0) is 19.0 Å². The van der Waals surface area contributed by atoms with Gasteiger partial charge in [-0.15, -0.1) is 0 Å². The first-order chi connectivity index (χ1) is 15.5. The average Bonchev–Trinajstić information content (AvgIpc) is 3.23. The van der Waals surface area contributed by atoms with Gasteiger partial charge in [0.2, 0.25) is 5.88 Å². The van der Waals surface area contributed by atoms with Crippen molar-refractivity contribution in [3.63, 3.8) is 0 Å². The molecule has 5 aromatic rings. The van der Waals surface area contributed by atoms with Gasteiger partial charge in [-0.1, -0.05) is 40.2 Å². The van der Waals surface area contributed by atoms with Gasteiger partial charge in [-0.2, -0.15) is 5.10 Å². The summed E-state index contributed by atoms with van der Waals surface area (Å²) in [5.41, 5.74) is 2.39. The molecule has 0 bridgehead atoms. The maximum absolute atomic E-state index is 5.72. The highest BCUT2D eigenvalue weighted by Crippen LogP contribution is 2.25. The second-order valence-corrected chi connectivity index (χ2v) is 9.34. The zero-order valence-electron chi connectivity index (χ0n) is 17.2. The Bertz CT molecular complexity index is 1370. The highest BCUT2D eigenvalue weighted by Gasteiger charge is 2.04. The number of aryl methyl sites for hydroxylation is 1. The molecule has 0 amide bonds. The van der Waals surface area contributed by atoms with Crippen LogP contribution in [0.5, 0.6) is 5.88 Å². The number of nitrogens with zero attached hydrogens (tertiary/aromatic N) is 4. The maximum atomic E-state index is 5.72. The third-order valence-corrected chi connectivity index (χ3v) is 6.78. The van der Waals surface area contributed by atoms with Crippen molar-refractivity contribution in [3.8, 4) is 5.88 Å². The number of halogens is 3. The molecule has 0 spiro atoms. The Hall–Kier alpha value is -2.29. The lowest BCUT2D eigenvalue weighted by Gasteiger charge is -2.07. The number of aromatic nitrogens is 4. The number of fused-ring (bicyclic) bond motifs is 2. The molecule has 3 aromatic heterocycles. The summed E-state index contributed by atoms with van der Waals surface area (Å²) >= 11 is 10.4. The second-order valence-electron chi connectivity index (χ2n) is 7.07. The highest BCUT2D eigenvalue weighted by molar-refractivity contribution is 9.11. The molecule has 162 valence electrons. The quantitative estimate of drug-likeness (QED) is 0.200. The van der Waals surface area contributed by atoms with Crippen LogP contribution in [-0.4, -0.2) is 19.7 Å². The van der Waals surface area contributed by atoms with Crippen LogP contribution in [0.15, 0.2) is 82.4 Å². The summed E-state index contributed by atoms with van der Waals surface area (Å²) in [6.07, 6.45) is 9.07. The molecule has 0 aliphatic rings. The second kappa shape index (κ2) is 10.6. The summed E-state index contributed by atoms with van der Waals surface area (Å²) in [6.45, 7) is 0.518. The first-order valence-corrected chi connectivity index (χ1v) is 12.5. The predicted octanol–water partition coefficient (Wildman–Crippen LogP) is 7.20. The van der Waals surface area contributed by atoms with Crippen LogP contribution in [0.2, 0.25) is 0 Å². The van der Waals surface area contributed by atoms with Crippen molar-refractivity contribution >= 4 is 69.3 Å². The van der Waals surface area contributed by atoms with Crippen LogP contribution in [0, 0.1) is 0 Å². The van der Waals surface area contributed by atoms with E-state index in [0.29, 0.717) is 6.61 Å². The van der Waals surface area contributed by atoms with Gasteiger partial charge in [0.1, 0.15) is 6.61 Å². The van der Waals surface area contributed by atoms with E-state index in [4.69, 9.17) is 4.74 Å². The van der Waals surface area contributed by atoms with Gasteiger partial charge in [0.05, 0.1) is 6.20 Å². The molecule has 0 aliphatic heterocycles. The minimum Gasteiger partial charge on any atom is -0.473 e. The summed E-state index contributed by atoms with van der Waals surface area (Å²) in [4.78, 5) is 8.26. The number of hydrogen-bond acceptors (Lipinski definition) is 4. The van der Waals surface area contributed by atoms with E-state index in [2.05, 4.69) is 93.2 Å². The molecule has 0 atom stereocenters. The van der Waals surface area contributed by atoms with Crippen molar-refractivity contribution in [2.24, 2.45) is 7.05 Å². The van der Waals surface area contributed by atoms with Gasteiger partial charge in [0, 0.05) is 62.9 Å². The first-order valence-electron chi connectivity index (χ1n) is 9.76. The van der Waals surface area contributed by atoms with Crippen molar-refractivity contribution in [2.45, 2.75) is 11.9 Å². The predicted molar refractivity (Wildman–Crippen MR) is 139 cm³/mol. The molecule has 5 nitrogen and oxygen atoms in total. The molecule has 5 rings (SSSR count). The summed E-state index contributed by atoms with van der Waals surface area (Å²) in [6, 6.07) is 14.4. The molecule has 0 N–H and O–H groups in total. The van der Waals surface area contributed by atoms with Crippen molar-refractivity contribution < 1.29 is 4.74 Å². The molecule has 8 heteroatoms. The lowest BCUT2D eigenvalue weighted by molar-refractivity contribution is 0.279. The topological polar surface area (TPSA) is 52.8 Å². The molecule has 2 aromatic carbocycles. The average molecular weight is 619 g/mol. The lowest BCUT2D eigenvalue weighted by atomic mass is 10.1. The minimum absolute atomic E-state index is 0.518. The number of ether oxygens (including phenoxy) is 1. The molecule has 32 heavy (non-hydrogen) atoms. The van der Waals surface area contributed by atoms with Gasteiger partial charge in [0.15, 0.2) is 0 Å². The van der Waals surface area contributed by atoms with E-state index in [1.807, 2.05) is 37.8 Å². The van der Waals surface area contributed by atoms with Crippen LogP contribution in [0.4, 0.5) is 0 Å². The van der Waals surface area contributed by atoms with Gasteiger partial charge in [-0.25, -0.2) is 4.68 Å². The molecule has 0 radical (unpaired) electrons. The largest absolute Gasteiger partial charge is 0.473 e. The van der Waals surface area contributed by atoms with Crippen molar-refractivity contribution in [3.05, 3.63) is 93.5 Å². The van der Waals surface area contributed by atoms with Crippen LogP contribution >= 0.6 is 47.8 Å². The summed E-state index contributed by atoms with van der Waals surface area (Å²) in [7, 11) is 1.86. The number of benzene rings is 2. The molecule has 0 aliphatic carbocycles. The standard InChI is InChI=1S/C14H12BrN3O.C10H7Br2N/c1-18-14(4-5-17-18)19-9-10-2-3-11-7-16-8-13(15)12(11)6-10;11-4-7-1-2-8-5-13-6-10(12)9(8)3-7/h2-8H,9H2,1H3;1-3,5-6H,4H2. The molecular formula is C24H19Br3N4O. The highest BCUT2D eigenvalue weighted by atomic mass is 79.9. The molecule has 0 saturated heterocycles. The van der Waals surface area contributed by atoms with Gasteiger partial charge >= 0.3 is 0 Å². The number of alkyl halides is 1. The van der Waals surface area contributed by atoms with Crippen molar-refractivity contribution in [1.29, 1.82) is 0 Å². The van der Waals surface area contributed by atoms with Gasteiger partial charge in [-0.05, 0) is 65.9 Å². The summed E-state index contributed by atoms with van der Waals surface area (Å²) in [5.74, 6) is 0.758. The zero-order chi connectivity index (χ0) is 22.5. The van der Waals surface area contributed by atoms with E-state index >= 15 is 0 Å². The molecule has 0 unspecified atom stereocenters. The van der Waals surface area contributed by atoms with E-state index in [-0.39, 0.29) is 0 Å². The van der Waals surface area contributed by atoms with E-state index in [0.717, 1.165) is 36.5 Å². The number of hydrogen-bond donors (Lipinski definition) is 0. The molecule has 0 saturated carbocycles. The van der Waals surface area contributed by atoms with Crippen molar-refractivity contribution in [2.75, 3.05) is 0 Å². The fourth-order valence-electron chi connectivity index (χ4n) is 3.18. The Balaban J connectivity index is 0.000000165. The fourth-order valence-corrected chi connectivity index (χ4v) is 4.46. The monoisotopic (exact) mass is 616 g/mol. The Morgan fingerprint density at radius 3 is 1.97 bits per heavy atom. The lowest BCUT2D eigenvalue weighted by Crippen LogP contribution is -2.00. The normalized spacial score (nSPS) is 10.8. The SMILES string of the molecule is BrCc1ccc2cncc(Br)c2c1.Cn1nccc1OCc1ccc2cncc(Br)c2c1. The first kappa shape index (κ1) is 22.9. The van der Waals surface area contributed by atoms with Gasteiger partial charge in [-0.3, -0.25) is 9.97 Å². The maximum Gasteiger partial charge on any atom is 0.211 e. The van der Waals surface area contributed by atoms with E-state index < -0.39 is 0 Å². The van der Waals surface area contributed by atoms with Gasteiger partial charge in [0.25, 0.3) is 0 Å². The Kier molecular flexibility index (Phi) is 7.55. The van der Waals surface area contributed by atoms with E-state index in [9.17, 15) is 0 Å². The van der Waals surface area contributed by atoms with Crippen molar-refractivity contribution in [1.82, 2.24) is 19.7 Å². The minimum atomic E-state index is 0.518. The zero-order valence-corrected chi connectivity index (χ0v) is 21.9. The Morgan fingerprint density at radius 2 is 1.41 bits per heavy atom. The van der Waals surface area contributed by atoms with E-state index in [1.54, 1.807) is 17.1 Å². The summed E-state index contributed by atoms with van der Waals surface area (Å²) < 4.78 is 9.47. The Labute approximate surface area is 211 Å². The fraction of sp³-hybridized carbons (Fsp3) is 0.125. The van der Waals surface area contributed by atoms with Gasteiger partial charge < -0.3 is 4.74 Å². The van der Waals surface area contributed by atoms with Crippen LogP contribution in [0.25, 0.3) is 21.5 Å². The van der Waals surface area contributed by atoms with Crippen LogP contribution in [0.1, 0.15) is 11.1 Å². The molecule has 0 fully saturated rings. The third kappa shape index (κ3) is 5.36. The Morgan fingerprint density at radius 1 is 0.812 bits per heavy atom. The number of pyridine rings is 2. The summed E-state index contributed by atoms with van der Waals surface area (Å²) in [5, 5.41) is 9.59. The molecular weight excluding hydrogens is 600 g/mol. The smallest absolute Gasteiger partial charge is 0.211 e. The number of rotatable bonds is 4. The van der Waals surface area contributed by atoms with Crippen LogP contribution < -0.4 is 4.74 Å². The van der Waals surface area contributed by atoms with Crippen LogP contribution in [0.3, 0.4) is 0 Å². The molecule has 3 heterocycles. The third-order valence-electron chi connectivity index (χ3n) is 4.87. The van der Waals surface area contributed by atoms with E-state index in [1.165, 1.54) is 16.3 Å².